The number of ether oxygens (including phenoxy) is 3. The highest BCUT2D eigenvalue weighted by Gasteiger charge is 2.47. The Hall–Kier alpha value is -3.03. The van der Waals surface area contributed by atoms with Gasteiger partial charge in [0.1, 0.15) is 6.04 Å². The van der Waals surface area contributed by atoms with E-state index in [0.717, 1.165) is 36.3 Å². The number of benzene rings is 2. The minimum Gasteiger partial charge on any atom is -0.392 e. The Morgan fingerprint density at radius 3 is 2.29 bits per heavy atom. The smallest absolute Gasteiger partial charge is 0.392 e. The van der Waals surface area contributed by atoms with Crippen LogP contribution in [0.4, 0.5) is 18.9 Å². The minimum absolute atomic E-state index is 0.0441. The summed E-state index contributed by atoms with van der Waals surface area (Å²) in [7, 11) is 0. The van der Waals surface area contributed by atoms with Gasteiger partial charge in [0.15, 0.2) is 6.29 Å². The van der Waals surface area contributed by atoms with E-state index in [2.05, 4.69) is 10.2 Å². The first-order valence-electron chi connectivity index (χ1n) is 13.8. The van der Waals surface area contributed by atoms with Gasteiger partial charge in [-0.1, -0.05) is 36.4 Å². The van der Waals surface area contributed by atoms with Crippen molar-refractivity contribution >= 4 is 17.5 Å². The van der Waals surface area contributed by atoms with Crippen LogP contribution in [0.2, 0.25) is 0 Å². The molecule has 0 radical (unpaired) electrons. The lowest BCUT2D eigenvalue weighted by molar-refractivity contribution is -0.253. The van der Waals surface area contributed by atoms with Crippen molar-refractivity contribution in [2.24, 2.45) is 0 Å². The Bertz CT molecular complexity index is 1190. The lowest BCUT2D eigenvalue weighted by atomic mass is 9.99. The minimum atomic E-state index is -5.02. The highest BCUT2D eigenvalue weighted by molar-refractivity contribution is 5.98. The van der Waals surface area contributed by atoms with E-state index in [1.807, 2.05) is 24.3 Å². The molecule has 0 aliphatic carbocycles. The summed E-state index contributed by atoms with van der Waals surface area (Å²) in [5, 5.41) is 12.0. The van der Waals surface area contributed by atoms with E-state index in [1.165, 1.54) is 0 Å². The fraction of sp³-hybridized carbons (Fsp3) is 0.517. The molecule has 12 heteroatoms. The molecule has 2 N–H and O–H groups in total. The average molecular weight is 578 g/mol. The highest BCUT2D eigenvalue weighted by Crippen LogP contribution is 2.38. The number of hydrogen-bond donors (Lipinski definition) is 2. The molecule has 2 amide bonds. The van der Waals surface area contributed by atoms with Crippen LogP contribution in [-0.4, -0.2) is 84.4 Å². The molecule has 0 unspecified atom stereocenters. The normalized spacial score (nSPS) is 25.7. The molecule has 3 saturated heterocycles. The molecular formula is C29H34F3N3O6. The van der Waals surface area contributed by atoms with Crippen LogP contribution in [-0.2, 0) is 30.4 Å². The number of halogens is 3. The summed E-state index contributed by atoms with van der Waals surface area (Å²) >= 11 is 0. The Balaban J connectivity index is 1.27. The molecule has 41 heavy (non-hydrogen) atoms. The Labute approximate surface area is 236 Å². The highest BCUT2D eigenvalue weighted by atomic mass is 19.4. The van der Waals surface area contributed by atoms with Gasteiger partial charge in [0, 0.05) is 43.9 Å². The van der Waals surface area contributed by atoms with Crippen LogP contribution >= 0.6 is 0 Å². The number of alkyl halides is 3. The molecule has 5 rings (SSSR count). The Kier molecular flexibility index (Phi) is 9.25. The molecule has 0 aromatic heterocycles. The van der Waals surface area contributed by atoms with Crippen molar-refractivity contribution < 1.29 is 42.1 Å². The zero-order valence-corrected chi connectivity index (χ0v) is 22.5. The number of nitrogens with zero attached hydrogens (tertiary/aromatic N) is 2. The van der Waals surface area contributed by atoms with Gasteiger partial charge < -0.3 is 29.5 Å². The number of carbonyl (C=O) groups is 2. The predicted molar refractivity (Wildman–Crippen MR) is 142 cm³/mol. The maximum atomic E-state index is 12.9. The van der Waals surface area contributed by atoms with Crippen molar-refractivity contribution in [3.63, 3.8) is 0 Å². The van der Waals surface area contributed by atoms with Crippen LogP contribution in [0.15, 0.2) is 48.5 Å². The summed E-state index contributed by atoms with van der Waals surface area (Å²) in [6.07, 6.45) is -4.93. The van der Waals surface area contributed by atoms with Crippen LogP contribution in [0.1, 0.15) is 48.3 Å². The van der Waals surface area contributed by atoms with Gasteiger partial charge in [0.25, 0.3) is 0 Å². The van der Waals surface area contributed by atoms with E-state index in [1.54, 1.807) is 24.3 Å². The third-order valence-corrected chi connectivity index (χ3v) is 7.69. The number of hydrogen-bond acceptors (Lipinski definition) is 7. The van der Waals surface area contributed by atoms with Crippen molar-refractivity contribution in [1.82, 2.24) is 9.80 Å². The largest absolute Gasteiger partial charge is 0.471 e. The van der Waals surface area contributed by atoms with Crippen LogP contribution < -0.4 is 5.32 Å². The molecule has 3 heterocycles. The lowest BCUT2D eigenvalue weighted by Gasteiger charge is -2.39. The second-order valence-electron chi connectivity index (χ2n) is 10.5. The van der Waals surface area contributed by atoms with Gasteiger partial charge >= 0.3 is 12.1 Å². The molecule has 0 spiro atoms. The molecule has 4 atom stereocenters. The Morgan fingerprint density at radius 1 is 0.951 bits per heavy atom. The number of anilines is 1. The van der Waals surface area contributed by atoms with Gasteiger partial charge in [-0.15, -0.1) is 0 Å². The average Bonchev–Trinajstić information content (AvgIpc) is 3.47. The first-order valence-corrected chi connectivity index (χ1v) is 13.8. The summed E-state index contributed by atoms with van der Waals surface area (Å²) in [6, 6.07) is 13.2. The third-order valence-electron chi connectivity index (χ3n) is 7.69. The molecule has 2 aromatic carbocycles. The Morgan fingerprint density at radius 2 is 1.63 bits per heavy atom. The summed E-state index contributed by atoms with van der Waals surface area (Å²) in [4.78, 5) is 27.4. The van der Waals surface area contributed by atoms with Crippen molar-refractivity contribution in [3.8, 4) is 0 Å². The number of likely N-dealkylation sites (tertiary alicyclic amines) is 1. The molecule has 222 valence electrons. The fourth-order valence-corrected chi connectivity index (χ4v) is 5.50. The number of carbonyl (C=O) groups excluding carboxylic acids is 2. The van der Waals surface area contributed by atoms with Gasteiger partial charge in [-0.05, 0) is 36.1 Å². The zero-order chi connectivity index (χ0) is 29.0. The lowest BCUT2D eigenvalue weighted by Crippen LogP contribution is -2.48. The quantitative estimate of drug-likeness (QED) is 0.519. The van der Waals surface area contributed by atoms with Gasteiger partial charge in [-0.3, -0.25) is 14.5 Å². The van der Waals surface area contributed by atoms with E-state index in [0.29, 0.717) is 36.6 Å². The molecule has 3 aliphatic rings. The van der Waals surface area contributed by atoms with Gasteiger partial charge in [-0.25, -0.2) is 0 Å². The molecule has 9 nitrogen and oxygen atoms in total. The second kappa shape index (κ2) is 12.9. The standard InChI is InChI=1S/C29H34F3N3O6/c30-29(31,32)28(38)35-11-1-2-24(35)26(37)33-22-9-7-21(8-10-22)27-40-23(17-34-12-14-39-15-13-34)16-25(41-27)20-5-3-19(18-36)4-6-20/h3-10,23-25,27,36H,1-2,11-18H2,(H,33,37)/t23-,24-,25+,27+/m0/s1. The zero-order valence-electron chi connectivity index (χ0n) is 22.5. The number of aliphatic hydroxyl groups excluding tert-OH is 1. The van der Waals surface area contributed by atoms with E-state index < -0.39 is 30.3 Å². The maximum absolute atomic E-state index is 12.9. The fourth-order valence-electron chi connectivity index (χ4n) is 5.50. The summed E-state index contributed by atoms with van der Waals surface area (Å²) in [6.45, 7) is 3.56. The van der Waals surface area contributed by atoms with E-state index >= 15 is 0 Å². The molecule has 0 bridgehead atoms. The summed E-state index contributed by atoms with van der Waals surface area (Å²) < 4.78 is 57.0. The topological polar surface area (TPSA) is 101 Å². The maximum Gasteiger partial charge on any atom is 0.471 e. The van der Waals surface area contributed by atoms with E-state index in [-0.39, 0.29) is 31.8 Å². The van der Waals surface area contributed by atoms with E-state index in [9.17, 15) is 27.9 Å². The van der Waals surface area contributed by atoms with Gasteiger partial charge in [-0.2, -0.15) is 13.2 Å². The first kappa shape index (κ1) is 29.5. The van der Waals surface area contributed by atoms with Crippen molar-refractivity contribution in [3.05, 3.63) is 65.2 Å². The molecule has 3 fully saturated rings. The van der Waals surface area contributed by atoms with Crippen molar-refractivity contribution in [2.45, 2.75) is 56.6 Å². The number of morpholine rings is 1. The molecular weight excluding hydrogens is 543 g/mol. The van der Waals surface area contributed by atoms with Crippen molar-refractivity contribution in [1.29, 1.82) is 0 Å². The number of rotatable bonds is 7. The summed E-state index contributed by atoms with van der Waals surface area (Å²) in [5.41, 5.74) is 2.90. The van der Waals surface area contributed by atoms with Crippen molar-refractivity contribution in [2.75, 3.05) is 44.7 Å². The third kappa shape index (κ3) is 7.25. The predicted octanol–water partition coefficient (Wildman–Crippen LogP) is 3.55. The summed E-state index contributed by atoms with van der Waals surface area (Å²) in [5.74, 6) is -2.65. The first-order chi connectivity index (χ1) is 19.7. The van der Waals surface area contributed by atoms with Gasteiger partial charge in [0.2, 0.25) is 5.91 Å². The monoisotopic (exact) mass is 577 g/mol. The van der Waals surface area contributed by atoms with Gasteiger partial charge in [0.05, 0.1) is 32.0 Å². The molecule has 2 aromatic rings. The number of aliphatic hydroxyl groups is 1. The second-order valence-corrected chi connectivity index (χ2v) is 10.5. The van der Waals surface area contributed by atoms with E-state index in [4.69, 9.17) is 14.2 Å². The number of nitrogens with one attached hydrogen (secondary N) is 1. The SMILES string of the molecule is O=C(Nc1ccc([C@@H]2O[C@H](CN3CCOCC3)C[C@H](c3ccc(CO)cc3)O2)cc1)[C@@H]1CCCN1C(=O)C(F)(F)F. The molecule has 3 aliphatic heterocycles. The number of amides is 2. The van der Waals surface area contributed by atoms with Crippen LogP contribution in [0, 0.1) is 0 Å². The van der Waals surface area contributed by atoms with Crippen LogP contribution in [0.25, 0.3) is 0 Å². The van der Waals surface area contributed by atoms with Crippen LogP contribution in [0.5, 0.6) is 0 Å². The molecule has 0 saturated carbocycles. The van der Waals surface area contributed by atoms with Crippen LogP contribution in [0.3, 0.4) is 0 Å².